The van der Waals surface area contributed by atoms with E-state index in [4.69, 9.17) is 0 Å². The molecule has 0 spiro atoms. The number of hydrogen-bond donors (Lipinski definition) is 1. The molecular formula is C17H24FN3O2. The number of carbonyl (C=O) groups is 2. The predicted octanol–water partition coefficient (Wildman–Crippen LogP) is 2.76. The van der Waals surface area contributed by atoms with Gasteiger partial charge in [-0.3, -0.25) is 4.79 Å². The van der Waals surface area contributed by atoms with E-state index in [0.29, 0.717) is 25.3 Å². The third kappa shape index (κ3) is 4.43. The van der Waals surface area contributed by atoms with Gasteiger partial charge in [-0.25, -0.2) is 9.18 Å². The molecule has 0 bridgehead atoms. The summed E-state index contributed by atoms with van der Waals surface area (Å²) in [4.78, 5) is 27.8. The molecule has 6 heteroatoms. The molecule has 1 aliphatic heterocycles. The predicted molar refractivity (Wildman–Crippen MR) is 87.8 cm³/mol. The van der Waals surface area contributed by atoms with Crippen molar-refractivity contribution in [3.63, 3.8) is 0 Å². The standard InChI is InChI=1S/C17H24FN3O2/c1-3-9-20(10-4-2)17(23)19-14-11-16(22)21(12-14)15-7-5-13(18)6-8-15/h5-8,14H,3-4,9-12H2,1-2H3,(H,19,23)/t14-/m1/s1. The Balaban J connectivity index is 1.96. The largest absolute Gasteiger partial charge is 0.333 e. The van der Waals surface area contributed by atoms with Crippen molar-refractivity contribution in [1.82, 2.24) is 10.2 Å². The van der Waals surface area contributed by atoms with Gasteiger partial charge in [-0.05, 0) is 37.1 Å². The van der Waals surface area contributed by atoms with Crippen LogP contribution >= 0.6 is 0 Å². The Morgan fingerprint density at radius 1 is 1.26 bits per heavy atom. The van der Waals surface area contributed by atoms with Crippen LogP contribution in [0.1, 0.15) is 33.1 Å². The SMILES string of the molecule is CCCN(CCC)C(=O)N[C@@H]1CC(=O)N(c2ccc(F)cc2)C1. The maximum atomic E-state index is 13.0. The van der Waals surface area contributed by atoms with E-state index in [2.05, 4.69) is 5.32 Å². The molecule has 2 rings (SSSR count). The monoisotopic (exact) mass is 321 g/mol. The summed E-state index contributed by atoms with van der Waals surface area (Å²) in [7, 11) is 0. The van der Waals surface area contributed by atoms with Crippen molar-refractivity contribution in [3.05, 3.63) is 30.1 Å². The van der Waals surface area contributed by atoms with E-state index >= 15 is 0 Å². The van der Waals surface area contributed by atoms with E-state index in [1.807, 2.05) is 13.8 Å². The van der Waals surface area contributed by atoms with Gasteiger partial charge in [0.1, 0.15) is 5.82 Å². The lowest BCUT2D eigenvalue weighted by atomic mass is 10.2. The number of rotatable bonds is 6. The molecule has 1 fully saturated rings. The van der Waals surface area contributed by atoms with E-state index in [9.17, 15) is 14.0 Å². The number of nitrogens with one attached hydrogen (secondary N) is 1. The van der Waals surface area contributed by atoms with Crippen molar-refractivity contribution in [3.8, 4) is 0 Å². The van der Waals surface area contributed by atoms with Gasteiger partial charge in [-0.2, -0.15) is 0 Å². The molecule has 126 valence electrons. The first-order chi connectivity index (χ1) is 11.0. The molecule has 0 radical (unpaired) electrons. The fourth-order valence-electron chi connectivity index (χ4n) is 2.80. The highest BCUT2D eigenvalue weighted by Crippen LogP contribution is 2.22. The quantitative estimate of drug-likeness (QED) is 0.876. The average Bonchev–Trinajstić information content (AvgIpc) is 2.88. The maximum absolute atomic E-state index is 13.0. The summed E-state index contributed by atoms with van der Waals surface area (Å²) in [6.45, 7) is 5.91. The Morgan fingerprint density at radius 2 is 1.87 bits per heavy atom. The molecule has 0 saturated carbocycles. The molecule has 1 aliphatic rings. The van der Waals surface area contributed by atoms with Crippen molar-refractivity contribution in [2.75, 3.05) is 24.5 Å². The van der Waals surface area contributed by atoms with Gasteiger partial charge in [0.15, 0.2) is 0 Å². The van der Waals surface area contributed by atoms with E-state index < -0.39 is 0 Å². The van der Waals surface area contributed by atoms with Gasteiger partial charge in [0.05, 0.1) is 6.04 Å². The molecule has 1 aromatic carbocycles. The van der Waals surface area contributed by atoms with Crippen molar-refractivity contribution >= 4 is 17.6 Å². The van der Waals surface area contributed by atoms with Gasteiger partial charge in [-0.15, -0.1) is 0 Å². The van der Waals surface area contributed by atoms with Gasteiger partial charge < -0.3 is 15.1 Å². The van der Waals surface area contributed by atoms with Crippen LogP contribution in [0.3, 0.4) is 0 Å². The van der Waals surface area contributed by atoms with Crippen molar-refractivity contribution in [2.45, 2.75) is 39.2 Å². The molecule has 0 unspecified atom stereocenters. The van der Waals surface area contributed by atoms with Crippen LogP contribution in [-0.2, 0) is 4.79 Å². The van der Waals surface area contributed by atoms with E-state index in [0.717, 1.165) is 12.8 Å². The summed E-state index contributed by atoms with van der Waals surface area (Å²) in [5.74, 6) is -0.389. The van der Waals surface area contributed by atoms with Crippen LogP contribution in [0.5, 0.6) is 0 Å². The van der Waals surface area contributed by atoms with Crippen molar-refractivity contribution < 1.29 is 14.0 Å². The second-order valence-electron chi connectivity index (χ2n) is 5.82. The molecule has 23 heavy (non-hydrogen) atoms. The number of hydrogen-bond acceptors (Lipinski definition) is 2. The molecule has 5 nitrogen and oxygen atoms in total. The molecule has 1 saturated heterocycles. The van der Waals surface area contributed by atoms with Crippen LogP contribution in [0.4, 0.5) is 14.9 Å². The molecule has 1 heterocycles. The number of nitrogens with zero attached hydrogens (tertiary/aromatic N) is 2. The highest BCUT2D eigenvalue weighted by molar-refractivity contribution is 5.96. The van der Waals surface area contributed by atoms with Crippen LogP contribution in [0.2, 0.25) is 0 Å². The minimum absolute atomic E-state index is 0.0561. The van der Waals surface area contributed by atoms with Crippen LogP contribution in [0, 0.1) is 5.82 Å². The minimum atomic E-state index is -0.333. The zero-order valence-corrected chi connectivity index (χ0v) is 13.7. The number of anilines is 1. The number of carbonyl (C=O) groups excluding carboxylic acids is 2. The summed E-state index contributed by atoms with van der Waals surface area (Å²) in [5.41, 5.74) is 0.659. The topological polar surface area (TPSA) is 52.7 Å². The second kappa shape index (κ2) is 7.94. The molecule has 0 aromatic heterocycles. The maximum Gasteiger partial charge on any atom is 0.317 e. The zero-order chi connectivity index (χ0) is 16.8. The highest BCUT2D eigenvalue weighted by atomic mass is 19.1. The van der Waals surface area contributed by atoms with Crippen molar-refractivity contribution in [1.29, 1.82) is 0 Å². The van der Waals surface area contributed by atoms with Gasteiger partial charge in [0.2, 0.25) is 5.91 Å². The Bertz CT molecular complexity index is 541. The fourth-order valence-corrected chi connectivity index (χ4v) is 2.80. The molecule has 1 aromatic rings. The Morgan fingerprint density at radius 3 is 2.43 bits per heavy atom. The second-order valence-corrected chi connectivity index (χ2v) is 5.82. The Kier molecular flexibility index (Phi) is 5.96. The first-order valence-corrected chi connectivity index (χ1v) is 8.16. The van der Waals surface area contributed by atoms with Gasteiger partial charge in [0.25, 0.3) is 0 Å². The number of urea groups is 1. The van der Waals surface area contributed by atoms with Gasteiger partial charge in [0, 0.05) is 31.7 Å². The minimum Gasteiger partial charge on any atom is -0.333 e. The van der Waals surface area contributed by atoms with Crippen LogP contribution in [0.25, 0.3) is 0 Å². The summed E-state index contributed by atoms with van der Waals surface area (Å²) < 4.78 is 13.0. The molecule has 1 N–H and O–H groups in total. The summed E-state index contributed by atoms with van der Waals surface area (Å²) in [5, 5.41) is 2.94. The summed E-state index contributed by atoms with van der Waals surface area (Å²) >= 11 is 0. The zero-order valence-electron chi connectivity index (χ0n) is 13.7. The van der Waals surface area contributed by atoms with Crippen LogP contribution in [-0.4, -0.2) is 42.5 Å². The average molecular weight is 321 g/mol. The number of benzene rings is 1. The normalized spacial score (nSPS) is 17.4. The first-order valence-electron chi connectivity index (χ1n) is 8.16. The highest BCUT2D eigenvalue weighted by Gasteiger charge is 2.32. The summed E-state index contributed by atoms with van der Waals surface area (Å²) in [6.07, 6.45) is 2.08. The smallest absolute Gasteiger partial charge is 0.317 e. The molecule has 1 atom stereocenters. The molecule has 3 amide bonds. The fraction of sp³-hybridized carbons (Fsp3) is 0.529. The Labute approximate surface area is 136 Å². The Hall–Kier alpha value is -2.11. The van der Waals surface area contributed by atoms with Crippen molar-refractivity contribution in [2.24, 2.45) is 0 Å². The third-order valence-corrected chi connectivity index (χ3v) is 3.87. The molecular weight excluding hydrogens is 297 g/mol. The summed E-state index contributed by atoms with van der Waals surface area (Å²) in [6, 6.07) is 5.50. The van der Waals surface area contributed by atoms with E-state index in [1.54, 1.807) is 21.9 Å². The molecule has 0 aliphatic carbocycles. The number of amides is 3. The lowest BCUT2D eigenvalue weighted by Gasteiger charge is -2.24. The lowest BCUT2D eigenvalue weighted by Crippen LogP contribution is -2.46. The van der Waals surface area contributed by atoms with Gasteiger partial charge >= 0.3 is 6.03 Å². The van der Waals surface area contributed by atoms with Gasteiger partial charge in [-0.1, -0.05) is 13.8 Å². The third-order valence-electron chi connectivity index (χ3n) is 3.87. The number of halogens is 1. The van der Waals surface area contributed by atoms with E-state index in [-0.39, 0.29) is 30.2 Å². The van der Waals surface area contributed by atoms with Crippen LogP contribution < -0.4 is 10.2 Å². The first kappa shape index (κ1) is 17.2. The van der Waals surface area contributed by atoms with E-state index in [1.165, 1.54) is 12.1 Å². The van der Waals surface area contributed by atoms with Crippen LogP contribution in [0.15, 0.2) is 24.3 Å². The lowest BCUT2D eigenvalue weighted by molar-refractivity contribution is -0.117.